The van der Waals surface area contributed by atoms with E-state index in [0.717, 1.165) is 6.42 Å². The molecule has 0 saturated heterocycles. The van der Waals surface area contributed by atoms with Crippen molar-refractivity contribution < 1.29 is 9.53 Å². The Balaban J connectivity index is 2.49. The van der Waals surface area contributed by atoms with Crippen molar-refractivity contribution in [1.29, 1.82) is 0 Å². The Morgan fingerprint density at radius 2 is 2.00 bits per heavy atom. The number of ether oxygens (including phenoxy) is 1. The van der Waals surface area contributed by atoms with E-state index in [1.54, 1.807) is 0 Å². The first kappa shape index (κ1) is 11.3. The van der Waals surface area contributed by atoms with Crippen molar-refractivity contribution in [2.24, 2.45) is 11.8 Å². The fourth-order valence-corrected chi connectivity index (χ4v) is 2.35. The third-order valence-corrected chi connectivity index (χ3v) is 3.16. The summed E-state index contributed by atoms with van der Waals surface area (Å²) in [6, 6.07) is 0.316. The summed E-state index contributed by atoms with van der Waals surface area (Å²) in [7, 11) is 1.42. The molecule has 1 amide bonds. The van der Waals surface area contributed by atoms with Crippen molar-refractivity contribution in [2.75, 3.05) is 7.11 Å². The molecule has 0 aromatic rings. The van der Waals surface area contributed by atoms with Crippen molar-refractivity contribution in [3.63, 3.8) is 0 Å². The van der Waals surface area contributed by atoms with Crippen LogP contribution in [0.1, 0.15) is 39.5 Å². The number of hydrogen-bond acceptors (Lipinski definition) is 2. The second kappa shape index (κ2) is 5.23. The fourth-order valence-electron chi connectivity index (χ4n) is 2.35. The van der Waals surface area contributed by atoms with E-state index >= 15 is 0 Å². The van der Waals surface area contributed by atoms with Gasteiger partial charge in [-0.25, -0.2) is 4.79 Å². The molecule has 82 valence electrons. The number of amides is 1. The van der Waals surface area contributed by atoms with Crippen LogP contribution in [0.25, 0.3) is 0 Å². The summed E-state index contributed by atoms with van der Waals surface area (Å²) < 4.78 is 4.63. The molecule has 0 radical (unpaired) electrons. The van der Waals surface area contributed by atoms with E-state index in [1.807, 2.05) is 0 Å². The van der Waals surface area contributed by atoms with Gasteiger partial charge in [-0.15, -0.1) is 0 Å². The van der Waals surface area contributed by atoms with Gasteiger partial charge < -0.3 is 10.1 Å². The van der Waals surface area contributed by atoms with Crippen LogP contribution in [0, 0.1) is 11.8 Å². The van der Waals surface area contributed by atoms with Gasteiger partial charge in [-0.2, -0.15) is 0 Å². The first-order chi connectivity index (χ1) is 6.65. The average molecular weight is 199 g/mol. The standard InChI is InChI=1S/C11H21NO2/c1-8(2)9-6-4-5-7-10(9)12-11(13)14-3/h8-10H,4-7H2,1-3H3,(H,12,13)/t9-,10+/m0/s1. The van der Waals surface area contributed by atoms with E-state index in [4.69, 9.17) is 0 Å². The Morgan fingerprint density at radius 1 is 1.36 bits per heavy atom. The van der Waals surface area contributed by atoms with Gasteiger partial charge in [0.25, 0.3) is 0 Å². The summed E-state index contributed by atoms with van der Waals surface area (Å²) in [5.74, 6) is 1.25. The number of carbonyl (C=O) groups excluding carboxylic acids is 1. The smallest absolute Gasteiger partial charge is 0.407 e. The molecule has 1 aliphatic carbocycles. The fraction of sp³-hybridized carbons (Fsp3) is 0.909. The van der Waals surface area contributed by atoms with Crippen molar-refractivity contribution in [3.05, 3.63) is 0 Å². The minimum absolute atomic E-state index is 0.289. The third-order valence-electron chi connectivity index (χ3n) is 3.16. The number of carbonyl (C=O) groups is 1. The van der Waals surface area contributed by atoms with E-state index in [-0.39, 0.29) is 6.09 Å². The van der Waals surface area contributed by atoms with Crippen molar-refractivity contribution >= 4 is 6.09 Å². The summed E-state index contributed by atoms with van der Waals surface area (Å²) in [5.41, 5.74) is 0. The summed E-state index contributed by atoms with van der Waals surface area (Å²) in [6.45, 7) is 4.45. The molecule has 3 heteroatoms. The van der Waals surface area contributed by atoms with Gasteiger partial charge in [-0.1, -0.05) is 26.7 Å². The average Bonchev–Trinajstić information content (AvgIpc) is 2.18. The number of rotatable bonds is 2. The van der Waals surface area contributed by atoms with Gasteiger partial charge in [-0.05, 0) is 24.7 Å². The maximum atomic E-state index is 11.1. The lowest BCUT2D eigenvalue weighted by Crippen LogP contribution is -2.43. The maximum absolute atomic E-state index is 11.1. The Bertz CT molecular complexity index is 192. The second-order valence-corrected chi connectivity index (χ2v) is 4.43. The predicted molar refractivity (Wildman–Crippen MR) is 56.1 cm³/mol. The molecule has 0 unspecified atom stereocenters. The van der Waals surface area contributed by atoms with E-state index in [9.17, 15) is 4.79 Å². The monoisotopic (exact) mass is 199 g/mol. The molecule has 1 aliphatic rings. The number of hydrogen-bond donors (Lipinski definition) is 1. The molecule has 1 rings (SSSR count). The van der Waals surface area contributed by atoms with Crippen LogP contribution in [0.15, 0.2) is 0 Å². The van der Waals surface area contributed by atoms with Gasteiger partial charge in [0.2, 0.25) is 0 Å². The Labute approximate surface area is 86.2 Å². The lowest BCUT2D eigenvalue weighted by molar-refractivity contribution is 0.145. The Hall–Kier alpha value is -0.730. The van der Waals surface area contributed by atoms with Gasteiger partial charge in [-0.3, -0.25) is 0 Å². The maximum Gasteiger partial charge on any atom is 0.407 e. The Morgan fingerprint density at radius 3 is 2.57 bits per heavy atom. The number of nitrogens with one attached hydrogen (secondary N) is 1. The Kier molecular flexibility index (Phi) is 4.23. The van der Waals surface area contributed by atoms with Crippen LogP contribution in [0.2, 0.25) is 0 Å². The highest BCUT2D eigenvalue weighted by molar-refractivity contribution is 5.67. The SMILES string of the molecule is COC(=O)N[C@@H]1CCCC[C@H]1C(C)C. The molecule has 0 aliphatic heterocycles. The molecular weight excluding hydrogens is 178 g/mol. The van der Waals surface area contributed by atoms with Gasteiger partial charge in [0.05, 0.1) is 7.11 Å². The van der Waals surface area contributed by atoms with Gasteiger partial charge >= 0.3 is 6.09 Å². The summed E-state index contributed by atoms with van der Waals surface area (Å²) >= 11 is 0. The van der Waals surface area contributed by atoms with Crippen molar-refractivity contribution in [2.45, 2.75) is 45.6 Å². The van der Waals surface area contributed by atoms with Crippen LogP contribution >= 0.6 is 0 Å². The summed E-state index contributed by atoms with van der Waals surface area (Å²) in [6.07, 6.45) is 4.55. The van der Waals surface area contributed by atoms with Crippen molar-refractivity contribution in [1.82, 2.24) is 5.32 Å². The minimum Gasteiger partial charge on any atom is -0.453 e. The van der Waals surface area contributed by atoms with Gasteiger partial charge in [0.15, 0.2) is 0 Å². The van der Waals surface area contributed by atoms with Crippen LogP contribution in [0.4, 0.5) is 4.79 Å². The normalized spacial score (nSPS) is 27.4. The van der Waals surface area contributed by atoms with E-state index < -0.39 is 0 Å². The summed E-state index contributed by atoms with van der Waals surface area (Å²) in [5, 5.41) is 2.94. The van der Waals surface area contributed by atoms with Gasteiger partial charge in [0, 0.05) is 6.04 Å². The van der Waals surface area contributed by atoms with E-state index in [2.05, 4.69) is 23.9 Å². The van der Waals surface area contributed by atoms with Crippen LogP contribution in [0.3, 0.4) is 0 Å². The predicted octanol–water partition coefficient (Wildman–Crippen LogP) is 2.56. The number of alkyl carbamates (subject to hydrolysis) is 1. The van der Waals surface area contributed by atoms with Crippen molar-refractivity contribution in [3.8, 4) is 0 Å². The molecule has 1 saturated carbocycles. The molecule has 0 aromatic carbocycles. The molecule has 1 fully saturated rings. The van der Waals surface area contributed by atoms with E-state index in [0.29, 0.717) is 17.9 Å². The summed E-state index contributed by atoms with van der Waals surface area (Å²) in [4.78, 5) is 11.1. The van der Waals surface area contributed by atoms with E-state index in [1.165, 1.54) is 26.4 Å². The largest absolute Gasteiger partial charge is 0.453 e. The molecule has 2 atom stereocenters. The minimum atomic E-state index is -0.289. The highest BCUT2D eigenvalue weighted by Crippen LogP contribution is 2.30. The third kappa shape index (κ3) is 2.89. The van der Waals surface area contributed by atoms with Crippen LogP contribution < -0.4 is 5.32 Å². The zero-order chi connectivity index (χ0) is 10.6. The molecular formula is C11H21NO2. The van der Waals surface area contributed by atoms with Crippen LogP contribution in [-0.2, 0) is 4.74 Å². The molecule has 3 nitrogen and oxygen atoms in total. The molecule has 0 heterocycles. The zero-order valence-electron chi connectivity index (χ0n) is 9.38. The highest BCUT2D eigenvalue weighted by atomic mass is 16.5. The van der Waals surface area contributed by atoms with Gasteiger partial charge in [0.1, 0.15) is 0 Å². The lowest BCUT2D eigenvalue weighted by Gasteiger charge is -2.34. The molecule has 0 spiro atoms. The number of methoxy groups -OCH3 is 1. The topological polar surface area (TPSA) is 38.3 Å². The molecule has 0 bridgehead atoms. The second-order valence-electron chi connectivity index (χ2n) is 4.43. The molecule has 14 heavy (non-hydrogen) atoms. The molecule has 1 N–H and O–H groups in total. The first-order valence-electron chi connectivity index (χ1n) is 5.49. The van der Waals surface area contributed by atoms with Crippen LogP contribution in [0.5, 0.6) is 0 Å². The highest BCUT2D eigenvalue weighted by Gasteiger charge is 2.28. The van der Waals surface area contributed by atoms with Crippen LogP contribution in [-0.4, -0.2) is 19.2 Å². The first-order valence-corrected chi connectivity index (χ1v) is 5.49. The lowest BCUT2D eigenvalue weighted by atomic mass is 9.78. The molecule has 0 aromatic heterocycles. The zero-order valence-corrected chi connectivity index (χ0v) is 9.38. The quantitative estimate of drug-likeness (QED) is 0.742.